The van der Waals surface area contributed by atoms with E-state index in [1.54, 1.807) is 0 Å². The Morgan fingerprint density at radius 3 is 2.53 bits per heavy atom. The van der Waals surface area contributed by atoms with Gasteiger partial charge in [0, 0.05) is 0 Å². The van der Waals surface area contributed by atoms with Crippen molar-refractivity contribution < 1.29 is 9.47 Å². The summed E-state index contributed by atoms with van der Waals surface area (Å²) in [5.74, 6) is 0. The minimum Gasteiger partial charge on any atom is -0.371 e. The van der Waals surface area contributed by atoms with Crippen molar-refractivity contribution in [2.75, 3.05) is 13.2 Å². The first kappa shape index (κ1) is 12.6. The van der Waals surface area contributed by atoms with Crippen LogP contribution in [0.1, 0.15) is 43.9 Å². The molecular formula is C15H22O2. The molecule has 2 rings (SSSR count). The second-order valence-electron chi connectivity index (χ2n) is 4.68. The molecule has 0 radical (unpaired) electrons. The third kappa shape index (κ3) is 3.83. The smallest absolute Gasteiger partial charge is 0.104 e. The van der Waals surface area contributed by atoms with E-state index in [1.807, 2.05) is 0 Å². The maximum absolute atomic E-state index is 5.88. The van der Waals surface area contributed by atoms with E-state index in [0.29, 0.717) is 6.10 Å². The minimum absolute atomic E-state index is 0.217. The van der Waals surface area contributed by atoms with Gasteiger partial charge >= 0.3 is 0 Å². The van der Waals surface area contributed by atoms with Crippen LogP contribution in [0.3, 0.4) is 0 Å². The maximum atomic E-state index is 5.88. The average Bonchev–Trinajstić information content (AvgIpc) is 3.16. The number of hydrogen-bond acceptors (Lipinski definition) is 2. The quantitative estimate of drug-likeness (QED) is 0.673. The Balaban J connectivity index is 1.92. The molecule has 94 valence electrons. The molecule has 1 aromatic rings. The Kier molecular flexibility index (Phi) is 4.57. The van der Waals surface area contributed by atoms with Crippen LogP contribution in [0.2, 0.25) is 0 Å². The van der Waals surface area contributed by atoms with E-state index in [1.165, 1.54) is 17.5 Å². The lowest BCUT2D eigenvalue weighted by Gasteiger charge is -2.16. The second kappa shape index (κ2) is 6.18. The lowest BCUT2D eigenvalue weighted by molar-refractivity contribution is 0.0394. The zero-order valence-electron chi connectivity index (χ0n) is 10.8. The number of rotatable bonds is 7. The zero-order valence-corrected chi connectivity index (χ0v) is 10.8. The van der Waals surface area contributed by atoms with E-state index in [4.69, 9.17) is 9.47 Å². The van der Waals surface area contributed by atoms with Gasteiger partial charge in [-0.05, 0) is 24.0 Å². The Morgan fingerprint density at radius 2 is 2.00 bits per heavy atom. The van der Waals surface area contributed by atoms with Gasteiger partial charge < -0.3 is 9.47 Å². The second-order valence-corrected chi connectivity index (χ2v) is 4.68. The van der Waals surface area contributed by atoms with Crippen LogP contribution >= 0.6 is 0 Å². The van der Waals surface area contributed by atoms with Crippen LogP contribution in [0.4, 0.5) is 0 Å². The van der Waals surface area contributed by atoms with Crippen LogP contribution in [0.15, 0.2) is 24.3 Å². The lowest BCUT2D eigenvalue weighted by atomic mass is 10.0. The number of epoxide rings is 1. The Morgan fingerprint density at radius 1 is 1.29 bits per heavy atom. The summed E-state index contributed by atoms with van der Waals surface area (Å²) < 4.78 is 11.0. The molecule has 0 amide bonds. The minimum atomic E-state index is 0.217. The SMILES string of the molecule is CCCc1ccc(C(CC)OCC2CO2)cc1. The van der Waals surface area contributed by atoms with Crippen LogP contribution < -0.4 is 0 Å². The van der Waals surface area contributed by atoms with Crippen molar-refractivity contribution in [3.05, 3.63) is 35.4 Å². The van der Waals surface area contributed by atoms with E-state index >= 15 is 0 Å². The van der Waals surface area contributed by atoms with Gasteiger partial charge in [-0.25, -0.2) is 0 Å². The highest BCUT2D eigenvalue weighted by atomic mass is 16.6. The van der Waals surface area contributed by atoms with E-state index < -0.39 is 0 Å². The topological polar surface area (TPSA) is 21.8 Å². The predicted molar refractivity (Wildman–Crippen MR) is 69.2 cm³/mol. The molecule has 1 aliphatic rings. The summed E-state index contributed by atoms with van der Waals surface area (Å²) in [7, 11) is 0. The highest BCUT2D eigenvalue weighted by Crippen LogP contribution is 2.23. The summed E-state index contributed by atoms with van der Waals surface area (Å²) in [5.41, 5.74) is 2.70. The molecule has 0 aromatic heterocycles. The molecule has 1 fully saturated rings. The van der Waals surface area contributed by atoms with Gasteiger partial charge in [-0.2, -0.15) is 0 Å². The molecule has 2 atom stereocenters. The largest absolute Gasteiger partial charge is 0.371 e. The Labute approximate surface area is 104 Å². The van der Waals surface area contributed by atoms with Crippen molar-refractivity contribution in [1.29, 1.82) is 0 Å². The monoisotopic (exact) mass is 234 g/mol. The van der Waals surface area contributed by atoms with Crippen LogP contribution in [0.25, 0.3) is 0 Å². The van der Waals surface area contributed by atoms with Gasteiger partial charge in [0.05, 0.1) is 19.3 Å². The predicted octanol–water partition coefficient (Wildman–Crippen LogP) is 3.51. The van der Waals surface area contributed by atoms with Gasteiger partial charge in [0.15, 0.2) is 0 Å². The average molecular weight is 234 g/mol. The van der Waals surface area contributed by atoms with Gasteiger partial charge in [0.2, 0.25) is 0 Å². The summed E-state index contributed by atoms with van der Waals surface area (Å²) in [6, 6.07) is 8.84. The molecule has 0 aliphatic carbocycles. The molecule has 2 heteroatoms. The van der Waals surface area contributed by atoms with Crippen molar-refractivity contribution in [3.63, 3.8) is 0 Å². The van der Waals surface area contributed by atoms with Gasteiger partial charge in [-0.1, -0.05) is 44.5 Å². The first-order valence-corrected chi connectivity index (χ1v) is 6.65. The summed E-state index contributed by atoms with van der Waals surface area (Å²) in [6.45, 7) is 5.97. The Bertz CT molecular complexity index is 327. The normalized spacial score (nSPS) is 20.2. The summed E-state index contributed by atoms with van der Waals surface area (Å²) in [6.07, 6.45) is 3.94. The molecule has 1 heterocycles. The Hall–Kier alpha value is -0.860. The molecule has 1 aromatic carbocycles. The molecule has 1 aliphatic heterocycles. The summed E-state index contributed by atoms with van der Waals surface area (Å²) in [5, 5.41) is 0. The molecule has 0 N–H and O–H groups in total. The zero-order chi connectivity index (χ0) is 12.1. The molecule has 2 nitrogen and oxygen atoms in total. The van der Waals surface area contributed by atoms with Gasteiger partial charge in [-0.15, -0.1) is 0 Å². The van der Waals surface area contributed by atoms with Crippen LogP contribution in [-0.2, 0) is 15.9 Å². The van der Waals surface area contributed by atoms with E-state index in [2.05, 4.69) is 38.1 Å². The van der Waals surface area contributed by atoms with Crippen molar-refractivity contribution in [2.24, 2.45) is 0 Å². The standard InChI is InChI=1S/C15H22O2/c1-3-5-12-6-8-13(9-7-12)15(4-2)17-11-14-10-16-14/h6-9,14-15H,3-5,10-11H2,1-2H3. The van der Waals surface area contributed by atoms with Gasteiger partial charge in [-0.3, -0.25) is 0 Å². The van der Waals surface area contributed by atoms with Crippen molar-refractivity contribution in [3.8, 4) is 0 Å². The van der Waals surface area contributed by atoms with Crippen molar-refractivity contribution >= 4 is 0 Å². The molecule has 2 unspecified atom stereocenters. The van der Waals surface area contributed by atoms with E-state index in [0.717, 1.165) is 26.1 Å². The van der Waals surface area contributed by atoms with Crippen LogP contribution in [0.5, 0.6) is 0 Å². The maximum Gasteiger partial charge on any atom is 0.104 e. The lowest BCUT2D eigenvalue weighted by Crippen LogP contribution is -2.08. The third-order valence-electron chi connectivity index (χ3n) is 3.15. The fourth-order valence-electron chi connectivity index (χ4n) is 2.03. The van der Waals surface area contributed by atoms with Gasteiger partial charge in [0.25, 0.3) is 0 Å². The number of benzene rings is 1. The summed E-state index contributed by atoms with van der Waals surface area (Å²) >= 11 is 0. The fourth-order valence-corrected chi connectivity index (χ4v) is 2.03. The first-order valence-electron chi connectivity index (χ1n) is 6.65. The van der Waals surface area contributed by atoms with Crippen molar-refractivity contribution in [1.82, 2.24) is 0 Å². The first-order chi connectivity index (χ1) is 8.33. The number of ether oxygens (including phenoxy) is 2. The fraction of sp³-hybridized carbons (Fsp3) is 0.600. The van der Waals surface area contributed by atoms with Crippen LogP contribution in [-0.4, -0.2) is 19.3 Å². The molecule has 0 saturated carbocycles. The molecule has 0 spiro atoms. The molecular weight excluding hydrogens is 212 g/mol. The van der Waals surface area contributed by atoms with Gasteiger partial charge in [0.1, 0.15) is 6.10 Å². The molecule has 17 heavy (non-hydrogen) atoms. The summed E-state index contributed by atoms with van der Waals surface area (Å²) in [4.78, 5) is 0. The molecule has 1 saturated heterocycles. The van der Waals surface area contributed by atoms with Crippen LogP contribution in [0, 0.1) is 0 Å². The molecule has 0 bridgehead atoms. The third-order valence-corrected chi connectivity index (χ3v) is 3.15. The van der Waals surface area contributed by atoms with E-state index in [9.17, 15) is 0 Å². The highest BCUT2D eigenvalue weighted by molar-refractivity contribution is 5.24. The number of hydrogen-bond donors (Lipinski definition) is 0. The van der Waals surface area contributed by atoms with E-state index in [-0.39, 0.29) is 6.10 Å². The highest BCUT2D eigenvalue weighted by Gasteiger charge is 2.24. The number of aryl methyl sites for hydroxylation is 1. The van der Waals surface area contributed by atoms with Crippen molar-refractivity contribution in [2.45, 2.75) is 45.3 Å².